The molecule has 0 bridgehead atoms. The van der Waals surface area contributed by atoms with Crippen LogP contribution in [0.3, 0.4) is 0 Å². The third-order valence-corrected chi connectivity index (χ3v) is 4.15. The monoisotopic (exact) mass is 286 g/mol. The van der Waals surface area contributed by atoms with Crippen LogP contribution in [0.1, 0.15) is 29.8 Å². The molecule has 0 atom stereocenters. The second kappa shape index (κ2) is 5.47. The van der Waals surface area contributed by atoms with Crippen LogP contribution in [-0.4, -0.2) is 23.1 Å². The minimum Gasteiger partial charge on any atom is -0.355 e. The summed E-state index contributed by atoms with van der Waals surface area (Å²) >= 11 is 1.62. The van der Waals surface area contributed by atoms with Gasteiger partial charge in [0, 0.05) is 19.5 Å². The average molecular weight is 286 g/mol. The standard InChI is InChI=1S/C14H14N4OS/c15-8-11-13(18-4-1-2-5-18)16-12(17-14(11)19)7-10-3-6-20-9-10/h3,6,9H,1-2,4-5,7H2,(H,16,17,19). The average Bonchev–Trinajstić information content (AvgIpc) is 3.11. The van der Waals surface area contributed by atoms with Crippen molar-refractivity contribution < 1.29 is 0 Å². The molecule has 102 valence electrons. The van der Waals surface area contributed by atoms with Crippen molar-refractivity contribution in [3.63, 3.8) is 0 Å². The largest absolute Gasteiger partial charge is 0.355 e. The van der Waals surface area contributed by atoms with E-state index in [1.807, 2.05) is 27.8 Å². The van der Waals surface area contributed by atoms with Crippen LogP contribution >= 0.6 is 11.3 Å². The fourth-order valence-corrected chi connectivity index (χ4v) is 3.10. The number of hydrogen-bond acceptors (Lipinski definition) is 5. The van der Waals surface area contributed by atoms with Gasteiger partial charge >= 0.3 is 0 Å². The number of nitriles is 1. The second-order valence-electron chi connectivity index (χ2n) is 4.83. The maximum atomic E-state index is 12.0. The van der Waals surface area contributed by atoms with Gasteiger partial charge < -0.3 is 9.88 Å². The van der Waals surface area contributed by atoms with Crippen LogP contribution < -0.4 is 10.5 Å². The minimum absolute atomic E-state index is 0.126. The maximum absolute atomic E-state index is 12.0. The Balaban J connectivity index is 2.00. The molecule has 2 aromatic heterocycles. The molecular formula is C14H14N4OS. The molecule has 20 heavy (non-hydrogen) atoms. The van der Waals surface area contributed by atoms with Gasteiger partial charge in [0.1, 0.15) is 11.9 Å². The van der Waals surface area contributed by atoms with Crippen molar-refractivity contribution in [3.05, 3.63) is 44.1 Å². The van der Waals surface area contributed by atoms with Gasteiger partial charge in [-0.2, -0.15) is 16.6 Å². The lowest BCUT2D eigenvalue weighted by atomic mass is 10.2. The van der Waals surface area contributed by atoms with E-state index in [1.54, 1.807) is 11.3 Å². The summed E-state index contributed by atoms with van der Waals surface area (Å²) in [5.41, 5.74) is 0.908. The van der Waals surface area contributed by atoms with Crippen molar-refractivity contribution in [2.45, 2.75) is 19.3 Å². The first-order valence-corrected chi connectivity index (χ1v) is 7.51. The minimum atomic E-state index is -0.338. The molecule has 0 unspecified atom stereocenters. The summed E-state index contributed by atoms with van der Waals surface area (Å²) in [6.07, 6.45) is 2.75. The summed E-state index contributed by atoms with van der Waals surface area (Å²) in [4.78, 5) is 21.3. The molecule has 0 spiro atoms. The lowest BCUT2D eigenvalue weighted by Crippen LogP contribution is -2.26. The number of thiophene rings is 1. The van der Waals surface area contributed by atoms with Crippen molar-refractivity contribution in [3.8, 4) is 6.07 Å². The van der Waals surface area contributed by atoms with E-state index in [0.717, 1.165) is 31.5 Å². The van der Waals surface area contributed by atoms with E-state index in [0.29, 0.717) is 18.1 Å². The summed E-state index contributed by atoms with van der Waals surface area (Å²) in [5, 5.41) is 13.2. The Labute approximate surface area is 120 Å². The number of anilines is 1. The second-order valence-corrected chi connectivity index (χ2v) is 5.61. The molecule has 3 rings (SSSR count). The van der Waals surface area contributed by atoms with E-state index < -0.39 is 0 Å². The zero-order valence-corrected chi connectivity index (χ0v) is 11.7. The predicted molar refractivity (Wildman–Crippen MR) is 78.1 cm³/mol. The number of H-pyrrole nitrogens is 1. The third kappa shape index (κ3) is 2.45. The zero-order valence-electron chi connectivity index (χ0n) is 10.9. The smallest absolute Gasteiger partial charge is 0.271 e. The SMILES string of the molecule is N#Cc1c(N2CCCC2)nc(Cc2ccsc2)[nH]c1=O. The number of nitrogens with one attached hydrogen (secondary N) is 1. The number of hydrogen-bond donors (Lipinski definition) is 1. The van der Waals surface area contributed by atoms with Gasteiger partial charge in [0.25, 0.3) is 5.56 Å². The highest BCUT2D eigenvalue weighted by molar-refractivity contribution is 7.07. The Kier molecular flexibility index (Phi) is 3.52. The van der Waals surface area contributed by atoms with Gasteiger partial charge in [-0.1, -0.05) is 0 Å². The molecule has 0 aliphatic carbocycles. The summed E-state index contributed by atoms with van der Waals surface area (Å²) < 4.78 is 0. The van der Waals surface area contributed by atoms with Crippen molar-refractivity contribution >= 4 is 17.2 Å². The molecule has 1 fully saturated rings. The molecule has 5 nitrogen and oxygen atoms in total. The van der Waals surface area contributed by atoms with Gasteiger partial charge in [-0.05, 0) is 35.2 Å². The van der Waals surface area contributed by atoms with Crippen LogP contribution in [0, 0.1) is 11.3 Å². The molecule has 1 saturated heterocycles. The number of aromatic amines is 1. The molecule has 0 radical (unpaired) electrons. The van der Waals surface area contributed by atoms with Crippen molar-refractivity contribution in [1.29, 1.82) is 5.26 Å². The van der Waals surface area contributed by atoms with E-state index in [2.05, 4.69) is 9.97 Å². The quantitative estimate of drug-likeness (QED) is 0.935. The first kappa shape index (κ1) is 12.9. The van der Waals surface area contributed by atoms with E-state index >= 15 is 0 Å². The fraction of sp³-hybridized carbons (Fsp3) is 0.357. The zero-order chi connectivity index (χ0) is 13.9. The summed E-state index contributed by atoms with van der Waals surface area (Å²) in [7, 11) is 0. The van der Waals surface area contributed by atoms with E-state index in [9.17, 15) is 10.1 Å². The molecule has 1 aliphatic heterocycles. The normalized spacial score (nSPS) is 14.4. The summed E-state index contributed by atoms with van der Waals surface area (Å²) in [6.45, 7) is 1.73. The van der Waals surface area contributed by atoms with Gasteiger partial charge in [0.15, 0.2) is 11.4 Å². The number of rotatable bonds is 3. The molecule has 1 aliphatic rings. The van der Waals surface area contributed by atoms with Crippen molar-refractivity contribution in [1.82, 2.24) is 9.97 Å². The lowest BCUT2D eigenvalue weighted by Gasteiger charge is -2.17. The van der Waals surface area contributed by atoms with Crippen LogP contribution in [0.5, 0.6) is 0 Å². The van der Waals surface area contributed by atoms with Crippen LogP contribution in [0.4, 0.5) is 5.82 Å². The van der Waals surface area contributed by atoms with Gasteiger partial charge in [0.2, 0.25) is 0 Å². The van der Waals surface area contributed by atoms with Gasteiger partial charge in [0.05, 0.1) is 0 Å². The molecule has 6 heteroatoms. The van der Waals surface area contributed by atoms with E-state index in [-0.39, 0.29) is 11.1 Å². The highest BCUT2D eigenvalue weighted by Crippen LogP contribution is 2.20. The molecule has 3 heterocycles. The van der Waals surface area contributed by atoms with Crippen molar-refractivity contribution in [2.75, 3.05) is 18.0 Å². The first-order chi connectivity index (χ1) is 9.78. The first-order valence-electron chi connectivity index (χ1n) is 6.57. The molecule has 0 amide bonds. The number of aromatic nitrogens is 2. The summed E-state index contributed by atoms with van der Waals surface area (Å²) in [5.74, 6) is 1.16. The Bertz CT molecular complexity index is 693. The summed E-state index contributed by atoms with van der Waals surface area (Å²) in [6, 6.07) is 3.99. The maximum Gasteiger partial charge on any atom is 0.271 e. The van der Waals surface area contributed by atoms with Gasteiger partial charge in [-0.15, -0.1) is 0 Å². The topological polar surface area (TPSA) is 72.8 Å². The van der Waals surface area contributed by atoms with Crippen LogP contribution in [0.15, 0.2) is 21.6 Å². The fourth-order valence-electron chi connectivity index (χ4n) is 2.44. The predicted octanol–water partition coefficient (Wildman–Crippen LogP) is 1.89. The third-order valence-electron chi connectivity index (χ3n) is 3.42. The highest BCUT2D eigenvalue weighted by atomic mass is 32.1. The van der Waals surface area contributed by atoms with Gasteiger partial charge in [-0.25, -0.2) is 4.98 Å². The van der Waals surface area contributed by atoms with Crippen LogP contribution in [-0.2, 0) is 6.42 Å². The molecular weight excluding hydrogens is 272 g/mol. The molecule has 1 N–H and O–H groups in total. The Hall–Kier alpha value is -2.13. The van der Waals surface area contributed by atoms with Crippen LogP contribution in [0.25, 0.3) is 0 Å². The van der Waals surface area contributed by atoms with Crippen molar-refractivity contribution in [2.24, 2.45) is 0 Å². The number of nitrogens with zero attached hydrogens (tertiary/aromatic N) is 3. The van der Waals surface area contributed by atoms with E-state index in [4.69, 9.17) is 0 Å². The Morgan fingerprint density at radius 1 is 1.45 bits per heavy atom. The molecule has 0 saturated carbocycles. The molecule has 0 aromatic carbocycles. The van der Waals surface area contributed by atoms with Gasteiger partial charge in [-0.3, -0.25) is 4.79 Å². The highest BCUT2D eigenvalue weighted by Gasteiger charge is 2.20. The van der Waals surface area contributed by atoms with Crippen LogP contribution in [0.2, 0.25) is 0 Å². The Morgan fingerprint density at radius 2 is 2.25 bits per heavy atom. The lowest BCUT2D eigenvalue weighted by molar-refractivity contribution is 0.873. The Morgan fingerprint density at radius 3 is 2.90 bits per heavy atom. The van der Waals surface area contributed by atoms with E-state index in [1.165, 1.54) is 0 Å². The molecule has 2 aromatic rings.